The van der Waals surface area contributed by atoms with Crippen LogP contribution in [0.15, 0.2) is 48.5 Å². The molecule has 0 aliphatic heterocycles. The smallest absolute Gasteiger partial charge is 0.290 e. The number of benzene rings is 2. The molecular weight excluding hydrogens is 334 g/mol. The van der Waals surface area contributed by atoms with Gasteiger partial charge < -0.3 is 20.7 Å². The molecule has 0 aliphatic carbocycles. The number of ether oxygens (including phenoxy) is 1. The van der Waals surface area contributed by atoms with Crippen molar-refractivity contribution in [1.29, 1.82) is 0 Å². The van der Waals surface area contributed by atoms with Crippen LogP contribution >= 0.6 is 0 Å². The molecule has 4 N–H and O–H groups in total. The zero-order chi connectivity index (χ0) is 19.4. The molecule has 0 saturated carbocycles. The summed E-state index contributed by atoms with van der Waals surface area (Å²) in [6, 6.07) is 14.8. The lowest BCUT2D eigenvalue weighted by Crippen LogP contribution is -2.19. The second-order valence-corrected chi connectivity index (χ2v) is 5.86. The van der Waals surface area contributed by atoms with E-state index in [4.69, 9.17) is 20.4 Å². The number of Topliss-reactive ketones (excluding diaryl/α,β-unsaturated/α-hetero) is 1. The number of hydrogen-bond donors (Lipinski definition) is 3. The van der Waals surface area contributed by atoms with E-state index in [0.29, 0.717) is 19.6 Å². The molecule has 0 fully saturated rings. The Bertz CT molecular complexity index is 668. The maximum atomic E-state index is 12.1. The van der Waals surface area contributed by atoms with Crippen molar-refractivity contribution in [2.75, 3.05) is 6.61 Å². The molecule has 0 aromatic heterocycles. The minimum absolute atomic E-state index is 0.0802. The quantitative estimate of drug-likeness (QED) is 0.625. The topological polar surface area (TPSA) is 110 Å². The number of aromatic hydroxyl groups is 1. The fraction of sp³-hybridized carbons (Fsp3) is 0.300. The second-order valence-electron chi connectivity index (χ2n) is 5.86. The largest absolute Gasteiger partial charge is 0.508 e. The van der Waals surface area contributed by atoms with E-state index in [1.807, 2.05) is 43.3 Å². The Hall–Kier alpha value is -2.70. The monoisotopic (exact) mass is 359 g/mol. The van der Waals surface area contributed by atoms with E-state index in [-0.39, 0.29) is 30.5 Å². The van der Waals surface area contributed by atoms with Gasteiger partial charge in [0.05, 0.1) is 6.61 Å². The Morgan fingerprint density at radius 1 is 1.08 bits per heavy atom. The van der Waals surface area contributed by atoms with Crippen LogP contribution in [0.3, 0.4) is 0 Å². The molecule has 2 rings (SSSR count). The first-order valence-corrected chi connectivity index (χ1v) is 8.24. The fourth-order valence-corrected chi connectivity index (χ4v) is 2.28. The summed E-state index contributed by atoms with van der Waals surface area (Å²) in [4.78, 5) is 20.5. The van der Waals surface area contributed by atoms with Crippen LogP contribution in [-0.4, -0.2) is 29.1 Å². The van der Waals surface area contributed by atoms with Crippen molar-refractivity contribution in [3.05, 3.63) is 65.2 Å². The van der Waals surface area contributed by atoms with Crippen molar-refractivity contribution in [2.24, 2.45) is 11.7 Å². The van der Waals surface area contributed by atoms with Crippen molar-refractivity contribution in [3.63, 3.8) is 0 Å². The summed E-state index contributed by atoms with van der Waals surface area (Å²) >= 11 is 0. The van der Waals surface area contributed by atoms with E-state index >= 15 is 0 Å². The Morgan fingerprint density at radius 3 is 2.12 bits per heavy atom. The third-order valence-corrected chi connectivity index (χ3v) is 3.80. The summed E-state index contributed by atoms with van der Waals surface area (Å²) < 4.78 is 5.51. The molecule has 1 atom stereocenters. The Balaban J connectivity index is 0.00000105. The highest BCUT2D eigenvalue weighted by Gasteiger charge is 2.13. The van der Waals surface area contributed by atoms with Gasteiger partial charge in [0, 0.05) is 12.5 Å². The van der Waals surface area contributed by atoms with Crippen LogP contribution in [0.4, 0.5) is 0 Å². The average molecular weight is 359 g/mol. The molecule has 6 heteroatoms. The molecule has 0 amide bonds. The normalized spacial score (nSPS) is 11.2. The first kappa shape index (κ1) is 21.3. The highest BCUT2D eigenvalue weighted by atomic mass is 16.5. The highest BCUT2D eigenvalue weighted by Crippen LogP contribution is 2.14. The van der Waals surface area contributed by atoms with Crippen LogP contribution in [0.25, 0.3) is 0 Å². The molecule has 0 radical (unpaired) electrons. The molecule has 2 aromatic carbocycles. The number of phenolic OH excluding ortho intramolecular Hbond substituents is 1. The minimum atomic E-state index is -0.250. The van der Waals surface area contributed by atoms with Crippen LogP contribution in [0, 0.1) is 5.92 Å². The fourth-order valence-electron chi connectivity index (χ4n) is 2.28. The summed E-state index contributed by atoms with van der Waals surface area (Å²) in [7, 11) is 0. The van der Waals surface area contributed by atoms with Gasteiger partial charge in [0.25, 0.3) is 6.47 Å². The maximum absolute atomic E-state index is 12.1. The Labute approximate surface area is 153 Å². The average Bonchev–Trinajstić information content (AvgIpc) is 2.64. The van der Waals surface area contributed by atoms with Gasteiger partial charge in [-0.05, 0) is 35.2 Å². The first-order valence-electron chi connectivity index (χ1n) is 8.24. The standard InChI is InChI=1S/C19H23NO3.CH2O2/c1-14(10-15-6-8-18(21)9-7-15)19(22)13-23-12-17-4-2-16(11-20)3-5-17;2-1-3/h2-9,14,21H,10-13,20H2,1H3;1H,(H,2,3)/t14-;/m1./s1. The third kappa shape index (κ3) is 7.92. The predicted octanol–water partition coefficient (Wildman–Crippen LogP) is 2.52. The van der Waals surface area contributed by atoms with E-state index in [2.05, 4.69) is 0 Å². The van der Waals surface area contributed by atoms with Gasteiger partial charge in [0.15, 0.2) is 5.78 Å². The zero-order valence-corrected chi connectivity index (χ0v) is 14.8. The Morgan fingerprint density at radius 2 is 1.58 bits per heavy atom. The van der Waals surface area contributed by atoms with Gasteiger partial charge in [0.1, 0.15) is 12.4 Å². The van der Waals surface area contributed by atoms with Crippen molar-refractivity contribution in [1.82, 2.24) is 0 Å². The van der Waals surface area contributed by atoms with Gasteiger partial charge in [-0.25, -0.2) is 0 Å². The number of phenols is 1. The van der Waals surface area contributed by atoms with Gasteiger partial charge in [-0.2, -0.15) is 0 Å². The SMILES string of the molecule is C[C@H](Cc1ccc(O)cc1)C(=O)COCc1ccc(CN)cc1.O=CO. The lowest BCUT2D eigenvalue weighted by Gasteiger charge is -2.11. The molecule has 26 heavy (non-hydrogen) atoms. The number of carbonyl (C=O) groups excluding carboxylic acids is 1. The summed E-state index contributed by atoms with van der Waals surface area (Å²) in [5, 5.41) is 16.2. The molecule has 140 valence electrons. The molecular formula is C20H25NO5. The van der Waals surface area contributed by atoms with E-state index < -0.39 is 0 Å². The number of nitrogens with two attached hydrogens (primary N) is 1. The van der Waals surface area contributed by atoms with E-state index in [9.17, 15) is 9.90 Å². The minimum Gasteiger partial charge on any atom is -0.508 e. The van der Waals surface area contributed by atoms with Crippen molar-refractivity contribution in [2.45, 2.75) is 26.5 Å². The molecule has 0 unspecified atom stereocenters. The highest BCUT2D eigenvalue weighted by molar-refractivity contribution is 5.82. The van der Waals surface area contributed by atoms with Gasteiger partial charge >= 0.3 is 0 Å². The van der Waals surface area contributed by atoms with Crippen molar-refractivity contribution < 1.29 is 24.5 Å². The molecule has 2 aromatic rings. The van der Waals surface area contributed by atoms with E-state index in [1.165, 1.54) is 0 Å². The summed E-state index contributed by atoms with van der Waals surface area (Å²) in [6.07, 6.45) is 0.646. The predicted molar refractivity (Wildman–Crippen MR) is 98.7 cm³/mol. The molecule has 0 bridgehead atoms. The lowest BCUT2D eigenvalue weighted by molar-refractivity contribution is -0.127. The first-order chi connectivity index (χ1) is 12.5. The molecule has 6 nitrogen and oxygen atoms in total. The summed E-state index contributed by atoms with van der Waals surface area (Å²) in [5.41, 5.74) is 8.69. The lowest BCUT2D eigenvalue weighted by atomic mass is 9.97. The van der Waals surface area contributed by atoms with Crippen molar-refractivity contribution in [3.8, 4) is 5.75 Å². The van der Waals surface area contributed by atoms with Crippen LogP contribution in [0.1, 0.15) is 23.6 Å². The van der Waals surface area contributed by atoms with Crippen LogP contribution in [-0.2, 0) is 33.9 Å². The molecule has 0 aliphatic rings. The van der Waals surface area contributed by atoms with Gasteiger partial charge in [0.2, 0.25) is 0 Å². The number of rotatable bonds is 8. The third-order valence-electron chi connectivity index (χ3n) is 3.80. The van der Waals surface area contributed by atoms with Crippen LogP contribution in [0.5, 0.6) is 5.75 Å². The number of ketones is 1. The number of carbonyl (C=O) groups is 2. The van der Waals surface area contributed by atoms with Gasteiger partial charge in [-0.3, -0.25) is 9.59 Å². The maximum Gasteiger partial charge on any atom is 0.290 e. The Kier molecular flexibility index (Phi) is 9.67. The summed E-state index contributed by atoms with van der Waals surface area (Å²) in [6.45, 7) is 2.70. The molecule has 0 heterocycles. The molecule has 0 saturated heterocycles. The van der Waals surface area contributed by atoms with Crippen LogP contribution in [0.2, 0.25) is 0 Å². The van der Waals surface area contributed by atoms with Crippen LogP contribution < -0.4 is 5.73 Å². The molecule has 0 spiro atoms. The zero-order valence-electron chi connectivity index (χ0n) is 14.8. The van der Waals surface area contributed by atoms with Crippen molar-refractivity contribution >= 4 is 12.3 Å². The number of hydrogen-bond acceptors (Lipinski definition) is 5. The second kappa shape index (κ2) is 11.8. The van der Waals surface area contributed by atoms with E-state index in [0.717, 1.165) is 16.7 Å². The van der Waals surface area contributed by atoms with Gasteiger partial charge in [-0.15, -0.1) is 0 Å². The van der Waals surface area contributed by atoms with E-state index in [1.54, 1.807) is 12.1 Å². The van der Waals surface area contributed by atoms with Gasteiger partial charge in [-0.1, -0.05) is 43.3 Å². The number of carboxylic acid groups (broad SMARTS) is 1. The summed E-state index contributed by atoms with van der Waals surface area (Å²) in [5.74, 6) is 0.201.